The SMILES string of the molecule is CCOc1ccccc1C(=O)O[C@H](C)C(=O)N[C@H](C)c1ccc(Cl)cc1Cl. The van der Waals surface area contributed by atoms with Crippen LogP contribution in [0.2, 0.25) is 10.0 Å². The van der Waals surface area contributed by atoms with E-state index in [-0.39, 0.29) is 11.6 Å². The second-order valence-corrected chi connectivity index (χ2v) is 6.72. The Bertz CT molecular complexity index is 825. The van der Waals surface area contributed by atoms with Crippen LogP contribution < -0.4 is 10.1 Å². The lowest BCUT2D eigenvalue weighted by Crippen LogP contribution is -2.37. The fourth-order valence-electron chi connectivity index (χ4n) is 2.46. The number of hydrogen-bond donors (Lipinski definition) is 1. The molecule has 0 saturated carbocycles. The van der Waals surface area contributed by atoms with Gasteiger partial charge in [0, 0.05) is 10.0 Å². The van der Waals surface area contributed by atoms with Crippen LogP contribution in [0.5, 0.6) is 5.75 Å². The summed E-state index contributed by atoms with van der Waals surface area (Å²) < 4.78 is 10.7. The van der Waals surface area contributed by atoms with Gasteiger partial charge in [0.05, 0.1) is 12.6 Å². The van der Waals surface area contributed by atoms with Gasteiger partial charge in [0.15, 0.2) is 6.10 Å². The van der Waals surface area contributed by atoms with E-state index < -0.39 is 18.0 Å². The maximum Gasteiger partial charge on any atom is 0.342 e. The molecular formula is C20H21Cl2NO4. The molecule has 0 bridgehead atoms. The molecule has 2 atom stereocenters. The Hall–Kier alpha value is -2.24. The van der Waals surface area contributed by atoms with E-state index in [2.05, 4.69) is 5.32 Å². The van der Waals surface area contributed by atoms with Crippen molar-refractivity contribution >= 4 is 35.1 Å². The second-order valence-electron chi connectivity index (χ2n) is 5.87. The monoisotopic (exact) mass is 409 g/mol. The molecule has 144 valence electrons. The van der Waals surface area contributed by atoms with Crippen LogP contribution in [0.4, 0.5) is 0 Å². The normalized spacial score (nSPS) is 12.8. The number of nitrogens with one attached hydrogen (secondary N) is 1. The molecule has 0 radical (unpaired) electrons. The standard InChI is InChI=1S/C20H21Cl2NO4/c1-4-26-18-8-6-5-7-16(18)20(25)27-13(3)19(24)23-12(2)15-10-9-14(21)11-17(15)22/h5-13H,4H2,1-3H3,(H,23,24)/t12-,13-/m1/s1. The van der Waals surface area contributed by atoms with Gasteiger partial charge in [-0.1, -0.05) is 41.4 Å². The minimum Gasteiger partial charge on any atom is -0.493 e. The number of amides is 1. The summed E-state index contributed by atoms with van der Waals surface area (Å²) in [6.45, 7) is 5.53. The quantitative estimate of drug-likeness (QED) is 0.665. The van der Waals surface area contributed by atoms with Crippen LogP contribution in [-0.2, 0) is 9.53 Å². The molecule has 0 aromatic heterocycles. The summed E-state index contributed by atoms with van der Waals surface area (Å²) in [5.74, 6) is -0.645. The van der Waals surface area contributed by atoms with Crippen molar-refractivity contribution in [3.63, 3.8) is 0 Å². The number of benzene rings is 2. The van der Waals surface area contributed by atoms with Gasteiger partial charge >= 0.3 is 5.97 Å². The molecule has 2 rings (SSSR count). The van der Waals surface area contributed by atoms with Crippen LogP contribution in [0.15, 0.2) is 42.5 Å². The lowest BCUT2D eigenvalue weighted by Gasteiger charge is -2.19. The van der Waals surface area contributed by atoms with Gasteiger partial charge in [-0.25, -0.2) is 4.79 Å². The van der Waals surface area contributed by atoms with Crippen LogP contribution in [-0.4, -0.2) is 24.6 Å². The molecule has 0 unspecified atom stereocenters. The van der Waals surface area contributed by atoms with Crippen molar-refractivity contribution in [2.45, 2.75) is 32.9 Å². The highest BCUT2D eigenvalue weighted by atomic mass is 35.5. The summed E-state index contributed by atoms with van der Waals surface area (Å²) in [6.07, 6.45) is -0.985. The molecule has 0 spiro atoms. The van der Waals surface area contributed by atoms with Crippen LogP contribution in [0.1, 0.15) is 42.7 Å². The van der Waals surface area contributed by atoms with E-state index in [4.69, 9.17) is 32.7 Å². The van der Waals surface area contributed by atoms with Crippen LogP contribution in [0.3, 0.4) is 0 Å². The molecule has 5 nitrogen and oxygen atoms in total. The summed E-state index contributed by atoms with van der Waals surface area (Å²) in [5.41, 5.74) is 0.988. The number of carbonyl (C=O) groups excluding carboxylic acids is 2. The number of halogens is 2. The van der Waals surface area contributed by atoms with E-state index in [1.54, 1.807) is 49.4 Å². The average molecular weight is 410 g/mol. The molecule has 0 fully saturated rings. The molecule has 0 aliphatic heterocycles. The van der Waals surface area contributed by atoms with Crippen LogP contribution in [0, 0.1) is 0 Å². The van der Waals surface area contributed by atoms with E-state index >= 15 is 0 Å². The molecule has 0 aliphatic rings. The first-order valence-corrected chi connectivity index (χ1v) is 9.27. The van der Waals surface area contributed by atoms with Gasteiger partial charge in [0.1, 0.15) is 11.3 Å². The van der Waals surface area contributed by atoms with E-state index in [9.17, 15) is 9.59 Å². The predicted molar refractivity (Wildman–Crippen MR) is 106 cm³/mol. The Kier molecular flexibility index (Phi) is 7.51. The number of para-hydroxylation sites is 1. The molecule has 7 heteroatoms. The van der Waals surface area contributed by atoms with Crippen molar-refractivity contribution in [1.29, 1.82) is 0 Å². The van der Waals surface area contributed by atoms with Gasteiger partial charge in [-0.2, -0.15) is 0 Å². The maximum absolute atomic E-state index is 12.4. The smallest absolute Gasteiger partial charge is 0.342 e. The highest BCUT2D eigenvalue weighted by Gasteiger charge is 2.23. The number of hydrogen-bond acceptors (Lipinski definition) is 4. The van der Waals surface area contributed by atoms with Crippen molar-refractivity contribution in [1.82, 2.24) is 5.32 Å². The summed E-state index contributed by atoms with van der Waals surface area (Å²) >= 11 is 12.1. The van der Waals surface area contributed by atoms with E-state index in [0.717, 1.165) is 5.56 Å². The highest BCUT2D eigenvalue weighted by Crippen LogP contribution is 2.26. The molecule has 0 saturated heterocycles. The maximum atomic E-state index is 12.4. The molecule has 0 aliphatic carbocycles. The van der Waals surface area contributed by atoms with E-state index in [0.29, 0.717) is 22.4 Å². The molecule has 1 amide bonds. The third kappa shape index (κ3) is 5.62. The number of esters is 1. The van der Waals surface area contributed by atoms with Crippen molar-refractivity contribution in [3.05, 3.63) is 63.6 Å². The van der Waals surface area contributed by atoms with Gasteiger partial charge in [0.25, 0.3) is 5.91 Å². The van der Waals surface area contributed by atoms with Crippen LogP contribution >= 0.6 is 23.2 Å². The first-order valence-electron chi connectivity index (χ1n) is 8.51. The van der Waals surface area contributed by atoms with Gasteiger partial charge in [0.2, 0.25) is 0 Å². The van der Waals surface area contributed by atoms with E-state index in [1.807, 2.05) is 6.92 Å². The zero-order chi connectivity index (χ0) is 20.0. The zero-order valence-electron chi connectivity index (χ0n) is 15.3. The lowest BCUT2D eigenvalue weighted by atomic mass is 10.1. The fraction of sp³-hybridized carbons (Fsp3) is 0.300. The van der Waals surface area contributed by atoms with Crippen molar-refractivity contribution in [2.75, 3.05) is 6.61 Å². The van der Waals surface area contributed by atoms with Crippen molar-refractivity contribution in [3.8, 4) is 5.75 Å². The number of ether oxygens (including phenoxy) is 2. The van der Waals surface area contributed by atoms with Gasteiger partial charge in [-0.05, 0) is 50.6 Å². The summed E-state index contributed by atoms with van der Waals surface area (Å²) in [4.78, 5) is 24.8. The van der Waals surface area contributed by atoms with Crippen molar-refractivity contribution < 1.29 is 19.1 Å². The Balaban J connectivity index is 2.02. The first-order chi connectivity index (χ1) is 12.8. The molecule has 2 aromatic carbocycles. The Morgan fingerprint density at radius 1 is 1.11 bits per heavy atom. The minimum atomic E-state index is -0.985. The Labute approximate surface area is 168 Å². The molecule has 1 N–H and O–H groups in total. The van der Waals surface area contributed by atoms with E-state index in [1.165, 1.54) is 6.92 Å². The van der Waals surface area contributed by atoms with Gasteiger partial charge in [-0.3, -0.25) is 4.79 Å². The molecule has 27 heavy (non-hydrogen) atoms. The fourth-order valence-corrected chi connectivity index (χ4v) is 3.03. The predicted octanol–water partition coefficient (Wildman–Crippen LogP) is 4.81. The first kappa shape index (κ1) is 21.1. The molecule has 0 heterocycles. The lowest BCUT2D eigenvalue weighted by molar-refractivity contribution is -0.129. The average Bonchev–Trinajstić information content (AvgIpc) is 2.62. The summed E-state index contributed by atoms with van der Waals surface area (Å²) in [6, 6.07) is 11.4. The van der Waals surface area contributed by atoms with Gasteiger partial charge < -0.3 is 14.8 Å². The topological polar surface area (TPSA) is 64.6 Å². The Morgan fingerprint density at radius 2 is 1.81 bits per heavy atom. The zero-order valence-corrected chi connectivity index (χ0v) is 16.8. The minimum absolute atomic E-state index is 0.271. The number of carbonyl (C=O) groups is 2. The summed E-state index contributed by atoms with van der Waals surface area (Å²) in [7, 11) is 0. The second kappa shape index (κ2) is 9.62. The highest BCUT2D eigenvalue weighted by molar-refractivity contribution is 6.35. The molecule has 2 aromatic rings. The van der Waals surface area contributed by atoms with Gasteiger partial charge in [-0.15, -0.1) is 0 Å². The van der Waals surface area contributed by atoms with Crippen LogP contribution in [0.25, 0.3) is 0 Å². The third-order valence-corrected chi connectivity index (χ3v) is 4.41. The summed E-state index contributed by atoms with van der Waals surface area (Å²) in [5, 5.41) is 3.74. The Morgan fingerprint density at radius 3 is 2.48 bits per heavy atom. The largest absolute Gasteiger partial charge is 0.493 e. The van der Waals surface area contributed by atoms with Crippen molar-refractivity contribution in [2.24, 2.45) is 0 Å². The third-order valence-electron chi connectivity index (χ3n) is 3.85. The molecular weight excluding hydrogens is 389 g/mol. The number of rotatable bonds is 7.